The van der Waals surface area contributed by atoms with Gasteiger partial charge in [-0.1, -0.05) is 36.4 Å². The minimum absolute atomic E-state index is 0.102. The topological polar surface area (TPSA) is 47.9 Å². The lowest BCUT2D eigenvalue weighted by Gasteiger charge is -2.06. The molecule has 0 saturated heterocycles. The number of amidine groups is 1. The van der Waals surface area contributed by atoms with Crippen LogP contribution in [0.2, 0.25) is 0 Å². The molecule has 0 spiro atoms. The molecule has 104 valence electrons. The first-order valence-corrected chi connectivity index (χ1v) is 6.70. The maximum atomic E-state index is 11.2. The highest BCUT2D eigenvalue weighted by atomic mass is 16.1. The first-order valence-electron chi connectivity index (χ1n) is 6.70. The first-order chi connectivity index (χ1) is 9.65. The van der Waals surface area contributed by atoms with Crippen molar-refractivity contribution in [3.8, 4) is 0 Å². The number of pyridine rings is 1. The summed E-state index contributed by atoms with van der Waals surface area (Å²) in [4.78, 5) is 14.0. The Bertz CT molecular complexity index is 644. The van der Waals surface area contributed by atoms with Crippen LogP contribution in [-0.4, -0.2) is 29.0 Å². The van der Waals surface area contributed by atoms with Gasteiger partial charge in [0.1, 0.15) is 0 Å². The van der Waals surface area contributed by atoms with E-state index in [2.05, 4.69) is 39.1 Å². The Kier molecular flexibility index (Phi) is 4.71. The lowest BCUT2D eigenvalue weighted by Crippen LogP contribution is -2.25. The lowest BCUT2D eigenvalue weighted by molar-refractivity contribution is -0.497. The molecule has 0 fully saturated rings. The van der Waals surface area contributed by atoms with Crippen LogP contribution in [0.4, 0.5) is 5.82 Å². The molecule has 0 unspecified atom stereocenters. The summed E-state index contributed by atoms with van der Waals surface area (Å²) in [6.07, 6.45) is 0.988. The molecule has 1 aromatic heterocycles. The molecular weight excluding hydrogens is 250 g/mol. The van der Waals surface area contributed by atoms with Gasteiger partial charge >= 0.3 is 0 Å². The van der Waals surface area contributed by atoms with Crippen LogP contribution in [0.5, 0.6) is 0 Å². The summed E-state index contributed by atoms with van der Waals surface area (Å²) in [7, 11) is 2.03. The molecule has 1 aromatic carbocycles. The van der Waals surface area contributed by atoms with E-state index >= 15 is 0 Å². The van der Waals surface area contributed by atoms with Crippen LogP contribution in [-0.2, 0) is 6.42 Å². The number of aromatic amines is 1. The quantitative estimate of drug-likeness (QED) is 0.508. The summed E-state index contributed by atoms with van der Waals surface area (Å²) in [5.74, 6) is 1.71. The number of hydrogen-bond donors (Lipinski definition) is 2. The molecule has 4 heteroatoms. The van der Waals surface area contributed by atoms with Gasteiger partial charge in [-0.2, -0.15) is 0 Å². The number of likely N-dealkylation sites (N-methyl/N-ethyl adjacent to an activating group) is 1. The van der Waals surface area contributed by atoms with E-state index in [-0.39, 0.29) is 5.56 Å². The second-order valence-corrected chi connectivity index (χ2v) is 4.80. The molecule has 0 aliphatic carbocycles. The van der Waals surface area contributed by atoms with Gasteiger partial charge in [0.15, 0.2) is 5.82 Å². The van der Waals surface area contributed by atoms with Gasteiger partial charge in [-0.25, -0.2) is 5.32 Å². The van der Waals surface area contributed by atoms with E-state index in [0.29, 0.717) is 5.82 Å². The number of anilines is 1. The summed E-state index contributed by atoms with van der Waals surface area (Å²) in [5.41, 5.74) is 1.22. The highest BCUT2D eigenvalue weighted by Crippen LogP contribution is 2.00. The molecule has 0 bridgehead atoms. The standard InChI is InChI=1S/C16H19N3O/c1-13(17-15-9-6-10-16(20)18-15)19(2)12-11-14-7-4-3-5-8-14/h3-10H,11-12H2,1-2H3,(H,18,20)/p+1. The average Bonchev–Trinajstić information content (AvgIpc) is 2.46. The number of H-pyrrole nitrogens is 1. The van der Waals surface area contributed by atoms with Crippen LogP contribution in [0.15, 0.2) is 53.3 Å². The Morgan fingerprint density at radius 2 is 1.90 bits per heavy atom. The average molecular weight is 270 g/mol. The van der Waals surface area contributed by atoms with Gasteiger partial charge in [0.05, 0.1) is 13.6 Å². The predicted octanol–water partition coefficient (Wildman–Crippen LogP) is 2.09. The van der Waals surface area contributed by atoms with Crippen molar-refractivity contribution >= 4 is 11.7 Å². The van der Waals surface area contributed by atoms with Crippen molar-refractivity contribution in [2.75, 3.05) is 18.9 Å². The van der Waals surface area contributed by atoms with Crippen molar-refractivity contribution in [2.45, 2.75) is 13.3 Å². The minimum Gasteiger partial charge on any atom is -0.289 e. The van der Waals surface area contributed by atoms with E-state index in [9.17, 15) is 4.79 Å². The van der Waals surface area contributed by atoms with Crippen molar-refractivity contribution < 1.29 is 4.58 Å². The summed E-state index contributed by atoms with van der Waals surface area (Å²) < 4.78 is 2.14. The monoisotopic (exact) mass is 270 g/mol. The van der Waals surface area contributed by atoms with E-state index in [4.69, 9.17) is 0 Å². The molecule has 2 aromatic rings. The van der Waals surface area contributed by atoms with E-state index < -0.39 is 0 Å². The SMILES string of the molecule is CC(Nc1cccc(=O)[nH]1)=[N+](C)CCc1ccccc1. The molecule has 0 atom stereocenters. The number of aromatic nitrogens is 1. The Morgan fingerprint density at radius 1 is 1.15 bits per heavy atom. The molecule has 0 amide bonds. The van der Waals surface area contributed by atoms with Gasteiger partial charge in [0.2, 0.25) is 5.84 Å². The van der Waals surface area contributed by atoms with Crippen LogP contribution in [0, 0.1) is 0 Å². The molecule has 0 radical (unpaired) electrons. The normalized spacial score (nSPS) is 11.9. The van der Waals surface area contributed by atoms with Gasteiger partial charge in [0.25, 0.3) is 5.56 Å². The highest BCUT2D eigenvalue weighted by Gasteiger charge is 2.06. The highest BCUT2D eigenvalue weighted by molar-refractivity contribution is 5.88. The van der Waals surface area contributed by atoms with Crippen molar-refractivity contribution in [3.05, 3.63) is 64.4 Å². The van der Waals surface area contributed by atoms with Crippen LogP contribution >= 0.6 is 0 Å². The number of benzene rings is 1. The van der Waals surface area contributed by atoms with Gasteiger partial charge < -0.3 is 0 Å². The van der Waals surface area contributed by atoms with Gasteiger partial charge in [-0.3, -0.25) is 14.4 Å². The van der Waals surface area contributed by atoms with Crippen molar-refractivity contribution in [1.82, 2.24) is 4.98 Å². The van der Waals surface area contributed by atoms with E-state index in [1.54, 1.807) is 6.07 Å². The Balaban J connectivity index is 1.98. The maximum Gasteiger partial charge on any atom is 0.251 e. The first kappa shape index (κ1) is 14.1. The van der Waals surface area contributed by atoms with Crippen LogP contribution < -0.4 is 10.9 Å². The van der Waals surface area contributed by atoms with Gasteiger partial charge in [-0.15, -0.1) is 0 Å². The smallest absolute Gasteiger partial charge is 0.251 e. The van der Waals surface area contributed by atoms with Crippen molar-refractivity contribution in [2.24, 2.45) is 0 Å². The van der Waals surface area contributed by atoms with E-state index in [0.717, 1.165) is 18.8 Å². The second kappa shape index (κ2) is 6.70. The molecule has 0 aliphatic heterocycles. The minimum atomic E-state index is -0.102. The number of nitrogens with zero attached hydrogens (tertiary/aromatic N) is 1. The van der Waals surface area contributed by atoms with Crippen LogP contribution in [0.25, 0.3) is 0 Å². The van der Waals surface area contributed by atoms with E-state index in [1.807, 2.05) is 26.1 Å². The molecule has 2 N–H and O–H groups in total. The summed E-state index contributed by atoms with van der Waals surface area (Å²) in [6, 6.07) is 15.5. The van der Waals surface area contributed by atoms with Gasteiger partial charge in [0, 0.05) is 25.5 Å². The maximum absolute atomic E-state index is 11.2. The third kappa shape index (κ3) is 4.09. The number of nitrogens with one attached hydrogen (secondary N) is 2. The Hall–Kier alpha value is -2.36. The zero-order valence-electron chi connectivity index (χ0n) is 11.9. The third-order valence-electron chi connectivity index (χ3n) is 3.24. The largest absolute Gasteiger partial charge is 0.289 e. The molecule has 2 rings (SSSR count). The fourth-order valence-corrected chi connectivity index (χ4v) is 1.92. The zero-order chi connectivity index (χ0) is 14.4. The summed E-state index contributed by atoms with van der Waals surface area (Å²) in [5, 5.41) is 3.21. The fourth-order valence-electron chi connectivity index (χ4n) is 1.92. The second-order valence-electron chi connectivity index (χ2n) is 4.80. The predicted molar refractivity (Wildman–Crippen MR) is 82.6 cm³/mol. The number of rotatable bonds is 4. The van der Waals surface area contributed by atoms with Gasteiger partial charge in [-0.05, 0) is 5.56 Å². The third-order valence-corrected chi connectivity index (χ3v) is 3.24. The Labute approximate surface area is 118 Å². The summed E-state index contributed by atoms with van der Waals surface area (Å²) in [6.45, 7) is 2.91. The molecule has 20 heavy (non-hydrogen) atoms. The molecule has 0 aliphatic rings. The Morgan fingerprint density at radius 3 is 2.60 bits per heavy atom. The van der Waals surface area contributed by atoms with E-state index in [1.165, 1.54) is 11.6 Å². The summed E-state index contributed by atoms with van der Waals surface area (Å²) >= 11 is 0. The van der Waals surface area contributed by atoms with Crippen molar-refractivity contribution in [1.29, 1.82) is 0 Å². The fraction of sp³-hybridized carbons (Fsp3) is 0.250. The lowest BCUT2D eigenvalue weighted by atomic mass is 10.1. The van der Waals surface area contributed by atoms with Crippen LogP contribution in [0.3, 0.4) is 0 Å². The molecule has 4 nitrogen and oxygen atoms in total. The molecular formula is C16H20N3O+. The number of hydrogen-bond acceptors (Lipinski definition) is 1. The molecule has 1 heterocycles. The molecule has 0 saturated carbocycles. The van der Waals surface area contributed by atoms with Crippen molar-refractivity contribution in [3.63, 3.8) is 0 Å². The van der Waals surface area contributed by atoms with Crippen LogP contribution in [0.1, 0.15) is 12.5 Å². The zero-order valence-corrected chi connectivity index (χ0v) is 11.9.